The van der Waals surface area contributed by atoms with E-state index in [0.29, 0.717) is 23.7 Å². The summed E-state index contributed by atoms with van der Waals surface area (Å²) >= 11 is 0.389. The second kappa shape index (κ2) is 37.1. The zero-order valence-electron chi connectivity index (χ0n) is 65.0. The Morgan fingerprint density at radius 2 is 0.699 bits per heavy atom. The Labute approximate surface area is 648 Å². The topological polar surface area (TPSA) is 75.2 Å². The van der Waals surface area contributed by atoms with E-state index in [1.165, 1.54) is 44.7 Å². The average Bonchev–Trinajstić information content (AvgIpc) is 0.787. The van der Waals surface area contributed by atoms with E-state index in [9.17, 15) is 0 Å². The molecule has 0 bridgehead atoms. The van der Waals surface area contributed by atoms with Gasteiger partial charge in [-0.3, -0.25) is 20.0 Å². The molecule has 2 unspecified atom stereocenters. The summed E-state index contributed by atoms with van der Waals surface area (Å²) in [7, 11) is 19.1. The van der Waals surface area contributed by atoms with Gasteiger partial charge in [0.2, 0.25) is 0 Å². The van der Waals surface area contributed by atoms with E-state index in [0.717, 1.165) is 120 Å². The molecule has 0 fully saturated rings. The van der Waals surface area contributed by atoms with E-state index in [1.54, 1.807) is 0 Å². The predicted octanol–water partition coefficient (Wildman–Crippen LogP) is 28.1. The predicted molar refractivity (Wildman–Crippen MR) is 444 cm³/mol. The van der Waals surface area contributed by atoms with Crippen molar-refractivity contribution in [2.75, 3.05) is 0 Å². The Bertz CT molecular complexity index is 4310. The van der Waals surface area contributed by atoms with Crippen LogP contribution in [0.4, 0.5) is 11.4 Å². The summed E-state index contributed by atoms with van der Waals surface area (Å²) in [6, 6.07) is 61.3. The first-order chi connectivity index (χ1) is 48.5. The summed E-state index contributed by atoms with van der Waals surface area (Å²) in [4.78, 5) is 31.4. The molecular formula is C91H108Cl4Fe2N6. The van der Waals surface area contributed by atoms with Crippen molar-refractivity contribution in [1.82, 2.24) is 9.97 Å². The number of aliphatic imine (C=N–C) groups is 4. The third kappa shape index (κ3) is 22.7. The molecule has 6 aromatic carbocycles. The molecule has 0 radical (unpaired) electrons. The minimum absolute atomic E-state index is 0.0845. The molecular weight excluding hydrogens is 1430 g/mol. The number of pyridine rings is 2. The van der Waals surface area contributed by atoms with Crippen molar-refractivity contribution in [3.05, 3.63) is 261 Å². The Kier molecular flexibility index (Phi) is 30.2. The van der Waals surface area contributed by atoms with Crippen molar-refractivity contribution in [1.29, 1.82) is 0 Å². The number of benzene rings is 6. The number of hydrogen-bond acceptors (Lipinski definition) is 6. The first-order valence-electron chi connectivity index (χ1n) is 35.8. The molecule has 12 heteroatoms. The van der Waals surface area contributed by atoms with E-state index in [4.69, 9.17) is 70.3 Å². The fraction of sp³-hybridized carbons (Fsp3) is 0.363. The first-order valence-corrected chi connectivity index (χ1v) is 41.9. The van der Waals surface area contributed by atoms with Gasteiger partial charge in [-0.05, 0) is 168 Å². The van der Waals surface area contributed by atoms with Gasteiger partial charge in [0.1, 0.15) is 0 Å². The van der Waals surface area contributed by atoms with E-state index < -0.39 is 0 Å². The maximum atomic E-state index is 5.41. The molecule has 10 rings (SSSR count). The van der Waals surface area contributed by atoms with Gasteiger partial charge in [0.05, 0.1) is 57.0 Å². The number of aromatic nitrogens is 2. The van der Waals surface area contributed by atoms with Gasteiger partial charge in [-0.1, -0.05) is 287 Å². The Morgan fingerprint density at radius 1 is 0.417 bits per heavy atom. The van der Waals surface area contributed by atoms with Crippen LogP contribution >= 0.6 is 40.4 Å². The zero-order valence-corrected chi connectivity index (χ0v) is 70.3. The standard InChI is InChI=1S/C47H57N3.C44H51N3.4ClH.2Fe/c1-30(2)38-16-13-17-39(31(3)4)44(38)48-32(5)42-20-15-21-43(50-42)33(6)49-45-40(34-22-26-36(27-23-34)46(7,8)9)18-14-19-41(45)35-24-28-37(29-25-35)47(10,11)12;1-28-26-29(2)41(30(3)27-28)45-31(4)39-16-13-17-40(47-39)32(5)46-42-37(33-18-22-35(23-19-33)43(6,7)8)14-12-15-38(42)34-20-24-36(25-21-34)44(9,10)11;;;;;;/h13-16,18-31,39H,17H2,1-12H3;12-26,30H,27H2,1-11H3;4*1H;;/q;;;;;;2*+2/p-4. The summed E-state index contributed by atoms with van der Waals surface area (Å²) in [6.45, 7) is 51.1. The van der Waals surface area contributed by atoms with Crippen molar-refractivity contribution in [2.45, 2.75) is 194 Å². The summed E-state index contributed by atoms with van der Waals surface area (Å²) in [5.74, 6) is 1.73. The molecule has 0 saturated carbocycles. The molecule has 2 aliphatic rings. The molecule has 546 valence electrons. The van der Waals surface area contributed by atoms with Crippen LogP contribution < -0.4 is 0 Å². The van der Waals surface area contributed by atoms with Gasteiger partial charge < -0.3 is 0 Å². The number of allylic oxidation sites excluding steroid dienone is 8. The van der Waals surface area contributed by atoms with E-state index in [1.807, 2.05) is 12.1 Å². The molecule has 2 aliphatic carbocycles. The van der Waals surface area contributed by atoms with Crippen LogP contribution in [0.15, 0.2) is 236 Å². The fourth-order valence-electron chi connectivity index (χ4n) is 13.1. The number of hydrogen-bond donors (Lipinski definition) is 0. The molecule has 103 heavy (non-hydrogen) atoms. The van der Waals surface area contributed by atoms with Crippen molar-refractivity contribution >= 4 is 74.6 Å². The third-order valence-corrected chi connectivity index (χ3v) is 19.2. The monoisotopic (exact) mass is 1540 g/mol. The van der Waals surface area contributed by atoms with Crippen molar-refractivity contribution in [2.24, 2.45) is 43.6 Å². The first kappa shape index (κ1) is 83.7. The van der Waals surface area contributed by atoms with Crippen LogP contribution in [-0.2, 0) is 47.9 Å². The summed E-state index contributed by atoms with van der Waals surface area (Å²) < 4.78 is 0. The van der Waals surface area contributed by atoms with Crippen molar-refractivity contribution in [3.8, 4) is 44.5 Å². The number of halogens is 4. The van der Waals surface area contributed by atoms with Crippen LogP contribution in [0.1, 0.15) is 217 Å². The molecule has 2 heterocycles. The molecule has 0 amide bonds. The number of para-hydroxylation sites is 2. The van der Waals surface area contributed by atoms with Gasteiger partial charge in [-0.25, -0.2) is 9.97 Å². The van der Waals surface area contributed by atoms with Crippen molar-refractivity contribution in [3.63, 3.8) is 0 Å². The van der Waals surface area contributed by atoms with Gasteiger partial charge in [-0.2, -0.15) is 0 Å². The number of nitrogens with zero attached hydrogens (tertiary/aromatic N) is 6. The van der Waals surface area contributed by atoms with E-state index in [-0.39, 0.29) is 47.9 Å². The van der Waals surface area contributed by atoms with Gasteiger partial charge in [-0.15, -0.1) is 0 Å². The summed E-state index contributed by atoms with van der Waals surface area (Å²) in [5.41, 5.74) is 29.9. The second-order valence-corrected chi connectivity index (χ2v) is 35.7. The Hall–Kier alpha value is -6.54. The number of rotatable bonds is 14. The van der Waals surface area contributed by atoms with Gasteiger partial charge in [0.15, 0.2) is 0 Å². The molecule has 2 atom stereocenters. The van der Waals surface area contributed by atoms with E-state index in [2.05, 4.69) is 335 Å². The molecule has 8 aromatic rings. The maximum absolute atomic E-state index is 5.41. The van der Waals surface area contributed by atoms with Crippen molar-refractivity contribution < 1.29 is 26.3 Å². The van der Waals surface area contributed by atoms with Crippen LogP contribution in [0, 0.1) is 23.7 Å². The Balaban J connectivity index is 0.000000268. The molecule has 2 aromatic heterocycles. The quantitative estimate of drug-likeness (QED) is 0.0804. The average molecular weight is 1540 g/mol. The van der Waals surface area contributed by atoms with Crippen LogP contribution in [0.5, 0.6) is 0 Å². The zero-order chi connectivity index (χ0) is 75.9. The van der Waals surface area contributed by atoms with Crippen LogP contribution in [0.25, 0.3) is 44.5 Å². The summed E-state index contributed by atoms with van der Waals surface area (Å²) in [6.07, 6.45) is 8.92. The third-order valence-electron chi connectivity index (χ3n) is 19.2. The molecule has 0 N–H and O–H groups in total. The van der Waals surface area contributed by atoms with Crippen LogP contribution in [0.3, 0.4) is 0 Å². The minimum atomic E-state index is 0.0845. The molecule has 6 nitrogen and oxygen atoms in total. The molecule has 0 saturated heterocycles. The molecule has 0 spiro atoms. The van der Waals surface area contributed by atoms with E-state index >= 15 is 0 Å². The van der Waals surface area contributed by atoms with Crippen LogP contribution in [0.2, 0.25) is 0 Å². The van der Waals surface area contributed by atoms with Gasteiger partial charge in [0, 0.05) is 45.5 Å². The fourth-order valence-corrected chi connectivity index (χ4v) is 13.1. The molecule has 0 aliphatic heterocycles. The Morgan fingerprint density at radius 3 is 0.971 bits per heavy atom. The second-order valence-electron chi connectivity index (χ2n) is 32.1. The van der Waals surface area contributed by atoms with Crippen LogP contribution in [-0.4, -0.2) is 32.8 Å². The SMILES string of the molecule is CC(=NC1=C(C(C)C)C=CCC1C(C)C)c1cccc(C(C)=Nc2c(-c3ccc(C(C)(C)C)cc3)cccc2-c2ccc(C(C)(C)C)cc2)n1.CC1=CC(C)=C(N=C(C)c2cccc(C(C)=Nc3c(-c4ccc(C(C)(C)C)cc4)cccc3-c3ccc(C(C)(C)C)cc3)n2)C(C)C1.[Cl][Fe][Cl].[Cl][Fe][Cl]. The van der Waals surface area contributed by atoms with Gasteiger partial charge in [0.25, 0.3) is 0 Å². The van der Waals surface area contributed by atoms with Gasteiger partial charge >= 0.3 is 66.7 Å². The summed E-state index contributed by atoms with van der Waals surface area (Å²) in [5, 5.41) is 0. The normalized spacial score (nSPS) is 15.8.